The average Bonchev–Trinajstić information content (AvgIpc) is 2.79. The number of methoxy groups -OCH3 is 1. The van der Waals surface area contributed by atoms with Crippen molar-refractivity contribution in [3.05, 3.63) is 58.8 Å². The number of aliphatic hydroxyl groups excluding tert-OH is 4. The minimum absolute atomic E-state index is 0.201. The quantitative estimate of drug-likeness (QED) is 0.459. The number of aliphatic hydroxyl groups is 4. The van der Waals surface area contributed by atoms with Gasteiger partial charge in [0.15, 0.2) is 5.43 Å². The zero-order chi connectivity index (χ0) is 22.1. The van der Waals surface area contributed by atoms with E-state index >= 15 is 0 Å². The molecule has 9 nitrogen and oxygen atoms in total. The largest absolute Gasteiger partial charge is 0.497 e. The van der Waals surface area contributed by atoms with Crippen LogP contribution in [0.5, 0.6) is 11.5 Å². The molecule has 1 saturated heterocycles. The summed E-state index contributed by atoms with van der Waals surface area (Å²) < 4.78 is 22.0. The van der Waals surface area contributed by atoms with E-state index in [1.165, 1.54) is 24.3 Å². The summed E-state index contributed by atoms with van der Waals surface area (Å²) in [6.07, 6.45) is -7.03. The molecule has 1 aliphatic heterocycles. The second kappa shape index (κ2) is 8.66. The normalized spacial score (nSPS) is 26.0. The van der Waals surface area contributed by atoms with E-state index in [4.69, 9.17) is 18.6 Å². The fraction of sp³-hybridized carbons (Fsp3) is 0.318. The molecule has 164 valence electrons. The molecular weight excluding hydrogens is 408 g/mol. The zero-order valence-corrected chi connectivity index (χ0v) is 16.5. The molecule has 0 amide bonds. The molecule has 0 radical (unpaired) electrons. The van der Waals surface area contributed by atoms with Crippen molar-refractivity contribution in [2.45, 2.75) is 30.7 Å². The highest BCUT2D eigenvalue weighted by Crippen LogP contribution is 2.29. The average molecular weight is 430 g/mol. The van der Waals surface area contributed by atoms with Gasteiger partial charge in [-0.05, 0) is 36.4 Å². The lowest BCUT2D eigenvalue weighted by Crippen LogP contribution is -2.60. The van der Waals surface area contributed by atoms with Crippen molar-refractivity contribution in [3.63, 3.8) is 0 Å². The second-order valence-electron chi connectivity index (χ2n) is 7.18. The highest BCUT2D eigenvalue weighted by atomic mass is 16.7. The minimum atomic E-state index is -1.56. The number of rotatable bonds is 5. The second-order valence-corrected chi connectivity index (χ2v) is 7.18. The SMILES string of the molecule is COc1ccc(-c2cc(=O)c3ccc(OC4O[C@H](CO)[C@@H](O)[C@H](O)[C@H]4O)cc3o2)cc1. The Kier molecular flexibility index (Phi) is 5.94. The van der Waals surface area contributed by atoms with Crippen LogP contribution < -0.4 is 14.9 Å². The first-order chi connectivity index (χ1) is 14.9. The van der Waals surface area contributed by atoms with E-state index in [9.17, 15) is 25.2 Å². The number of hydrogen-bond acceptors (Lipinski definition) is 9. The van der Waals surface area contributed by atoms with Crippen LogP contribution in [0.25, 0.3) is 22.3 Å². The molecule has 4 N–H and O–H groups in total. The van der Waals surface area contributed by atoms with Gasteiger partial charge in [0.25, 0.3) is 0 Å². The standard InChI is InChI=1S/C22H22O9/c1-28-12-4-2-11(3-5-12)16-9-15(24)14-7-6-13(8-17(14)30-16)29-22-21(27)20(26)19(25)18(10-23)31-22/h2-9,18-23,25-27H,10H2,1H3/t18-,19-,20+,21-,22?/m1/s1. The van der Waals surface area contributed by atoms with Gasteiger partial charge in [-0.25, -0.2) is 0 Å². The summed E-state index contributed by atoms with van der Waals surface area (Å²) in [7, 11) is 1.56. The lowest BCUT2D eigenvalue weighted by atomic mass is 9.99. The van der Waals surface area contributed by atoms with Crippen LogP contribution in [-0.2, 0) is 4.74 Å². The summed E-state index contributed by atoms with van der Waals surface area (Å²) in [6.45, 7) is -0.567. The number of fused-ring (bicyclic) bond motifs is 1. The number of hydrogen-bond donors (Lipinski definition) is 4. The molecule has 3 aromatic rings. The first kappa shape index (κ1) is 21.3. The van der Waals surface area contributed by atoms with Crippen molar-refractivity contribution in [1.82, 2.24) is 0 Å². The van der Waals surface area contributed by atoms with Gasteiger partial charge >= 0.3 is 0 Å². The Morgan fingerprint density at radius 1 is 0.935 bits per heavy atom. The first-order valence-corrected chi connectivity index (χ1v) is 9.61. The molecule has 1 aromatic heterocycles. The molecule has 1 aliphatic rings. The predicted octanol–water partition coefficient (Wildman–Crippen LogP) is 0.647. The van der Waals surface area contributed by atoms with Gasteiger partial charge in [-0.2, -0.15) is 0 Å². The lowest BCUT2D eigenvalue weighted by molar-refractivity contribution is -0.277. The van der Waals surface area contributed by atoms with Gasteiger partial charge in [0.2, 0.25) is 6.29 Å². The monoisotopic (exact) mass is 430 g/mol. The van der Waals surface area contributed by atoms with Crippen LogP contribution >= 0.6 is 0 Å². The van der Waals surface area contributed by atoms with E-state index in [0.717, 1.165) is 0 Å². The molecule has 31 heavy (non-hydrogen) atoms. The highest BCUT2D eigenvalue weighted by molar-refractivity contribution is 5.80. The van der Waals surface area contributed by atoms with Gasteiger partial charge in [-0.1, -0.05) is 0 Å². The maximum Gasteiger partial charge on any atom is 0.229 e. The summed E-state index contributed by atoms with van der Waals surface area (Å²) >= 11 is 0. The van der Waals surface area contributed by atoms with E-state index in [0.29, 0.717) is 22.5 Å². The molecule has 9 heteroatoms. The smallest absolute Gasteiger partial charge is 0.229 e. The fourth-order valence-electron chi connectivity index (χ4n) is 3.41. The van der Waals surface area contributed by atoms with Gasteiger partial charge in [-0.3, -0.25) is 4.79 Å². The Bertz CT molecular complexity index is 1110. The van der Waals surface area contributed by atoms with E-state index in [-0.39, 0.29) is 16.8 Å². The van der Waals surface area contributed by atoms with Gasteiger partial charge in [0, 0.05) is 17.7 Å². The van der Waals surface area contributed by atoms with Crippen LogP contribution in [0.4, 0.5) is 0 Å². The van der Waals surface area contributed by atoms with Crippen LogP contribution in [0.1, 0.15) is 0 Å². The molecule has 1 unspecified atom stereocenters. The summed E-state index contributed by atoms with van der Waals surface area (Å²) in [5, 5.41) is 39.6. The molecule has 2 heterocycles. The molecule has 0 saturated carbocycles. The third-order valence-electron chi connectivity index (χ3n) is 5.18. The van der Waals surface area contributed by atoms with Crippen LogP contribution in [0, 0.1) is 0 Å². The van der Waals surface area contributed by atoms with Crippen LogP contribution in [-0.4, -0.2) is 64.8 Å². The van der Waals surface area contributed by atoms with Crippen LogP contribution in [0.15, 0.2) is 57.7 Å². The van der Waals surface area contributed by atoms with Crippen LogP contribution in [0.3, 0.4) is 0 Å². The first-order valence-electron chi connectivity index (χ1n) is 9.61. The molecule has 0 bridgehead atoms. The summed E-state index contributed by atoms with van der Waals surface area (Å²) in [4.78, 5) is 12.5. The third-order valence-corrected chi connectivity index (χ3v) is 5.18. The van der Waals surface area contributed by atoms with E-state index < -0.39 is 37.3 Å². The van der Waals surface area contributed by atoms with E-state index in [1.807, 2.05) is 0 Å². The number of ether oxygens (including phenoxy) is 3. The van der Waals surface area contributed by atoms with Gasteiger partial charge in [0.05, 0.1) is 19.1 Å². The van der Waals surface area contributed by atoms with Gasteiger partial charge in [0.1, 0.15) is 47.3 Å². The molecule has 2 aromatic carbocycles. The Labute approximate surface area is 176 Å². The molecule has 1 fully saturated rings. The highest BCUT2D eigenvalue weighted by Gasteiger charge is 2.44. The Balaban J connectivity index is 1.64. The molecule has 5 atom stereocenters. The Morgan fingerprint density at radius 3 is 2.32 bits per heavy atom. The fourth-order valence-corrected chi connectivity index (χ4v) is 3.41. The van der Waals surface area contributed by atoms with Gasteiger partial charge < -0.3 is 39.1 Å². The lowest BCUT2D eigenvalue weighted by Gasteiger charge is -2.39. The zero-order valence-electron chi connectivity index (χ0n) is 16.5. The van der Waals surface area contributed by atoms with Crippen molar-refractivity contribution in [3.8, 4) is 22.8 Å². The van der Waals surface area contributed by atoms with Crippen molar-refractivity contribution in [2.75, 3.05) is 13.7 Å². The molecular formula is C22H22O9. The summed E-state index contributed by atoms with van der Waals surface area (Å²) in [5.41, 5.74) is 0.687. The van der Waals surface area contributed by atoms with E-state index in [2.05, 4.69) is 0 Å². The maximum atomic E-state index is 12.5. The molecule has 4 rings (SSSR count). The Morgan fingerprint density at radius 2 is 1.65 bits per heavy atom. The van der Waals surface area contributed by atoms with Crippen LogP contribution in [0.2, 0.25) is 0 Å². The maximum absolute atomic E-state index is 12.5. The van der Waals surface area contributed by atoms with Crippen molar-refractivity contribution >= 4 is 11.0 Å². The van der Waals surface area contributed by atoms with Gasteiger partial charge in [-0.15, -0.1) is 0 Å². The van der Waals surface area contributed by atoms with Crippen molar-refractivity contribution in [1.29, 1.82) is 0 Å². The van der Waals surface area contributed by atoms with E-state index in [1.54, 1.807) is 31.4 Å². The summed E-state index contributed by atoms with van der Waals surface area (Å²) in [6, 6.07) is 12.9. The minimum Gasteiger partial charge on any atom is -0.497 e. The summed E-state index contributed by atoms with van der Waals surface area (Å²) in [5.74, 6) is 1.22. The molecule has 0 spiro atoms. The topological polar surface area (TPSA) is 139 Å². The number of benzene rings is 2. The Hall–Kier alpha value is -2.95. The molecule has 0 aliphatic carbocycles. The predicted molar refractivity (Wildman–Crippen MR) is 109 cm³/mol. The van der Waals surface area contributed by atoms with Crippen molar-refractivity contribution < 1.29 is 39.1 Å². The van der Waals surface area contributed by atoms with Crippen molar-refractivity contribution in [2.24, 2.45) is 0 Å². The third kappa shape index (κ3) is 4.14.